The standard InChI is InChI=1S/C18H20.C3H9N/c1-4-10-16(11-5-1)18(14-8-3-9-15-18)17-12-6-2-7-13-17;1-4(2)3/h1-2,4-7,10-13H,3,8-9,14-15H2;1-3H3. The predicted molar refractivity (Wildman–Crippen MR) is 96.4 cm³/mol. The lowest BCUT2D eigenvalue weighted by Gasteiger charge is -2.38. The summed E-state index contributed by atoms with van der Waals surface area (Å²) in [5.74, 6) is 0. The minimum atomic E-state index is 0.265. The van der Waals surface area contributed by atoms with Crippen LogP contribution in [0.5, 0.6) is 0 Å². The number of benzene rings is 2. The summed E-state index contributed by atoms with van der Waals surface area (Å²) in [5.41, 5.74) is 3.26. The molecule has 1 fully saturated rings. The van der Waals surface area contributed by atoms with Crippen LogP contribution in [0.1, 0.15) is 43.2 Å². The lowest BCUT2D eigenvalue weighted by atomic mass is 9.65. The van der Waals surface area contributed by atoms with Crippen molar-refractivity contribution in [1.82, 2.24) is 4.90 Å². The number of hydrogen-bond acceptors (Lipinski definition) is 1. The molecular formula is C21H29N. The summed E-state index contributed by atoms with van der Waals surface area (Å²) in [6, 6.07) is 22.1. The maximum absolute atomic E-state index is 2.30. The molecule has 1 saturated carbocycles. The van der Waals surface area contributed by atoms with Crippen LogP contribution in [0.25, 0.3) is 0 Å². The van der Waals surface area contributed by atoms with Crippen molar-refractivity contribution in [2.75, 3.05) is 21.1 Å². The first kappa shape index (κ1) is 16.8. The quantitative estimate of drug-likeness (QED) is 0.743. The van der Waals surface area contributed by atoms with Crippen LogP contribution in [0.2, 0.25) is 0 Å². The summed E-state index contributed by atoms with van der Waals surface area (Å²) in [7, 11) is 6.00. The molecule has 118 valence electrons. The third kappa shape index (κ3) is 4.20. The Bertz CT molecular complexity index is 480. The van der Waals surface area contributed by atoms with Gasteiger partial charge in [-0.15, -0.1) is 0 Å². The zero-order valence-electron chi connectivity index (χ0n) is 14.3. The van der Waals surface area contributed by atoms with Crippen molar-refractivity contribution in [2.45, 2.75) is 37.5 Å². The monoisotopic (exact) mass is 295 g/mol. The predicted octanol–water partition coefficient (Wildman–Crippen LogP) is 5.11. The third-order valence-electron chi connectivity index (χ3n) is 4.36. The Morgan fingerprint density at radius 1 is 0.636 bits per heavy atom. The third-order valence-corrected chi connectivity index (χ3v) is 4.36. The summed E-state index contributed by atoms with van der Waals surface area (Å²) in [5, 5.41) is 0. The number of nitrogens with zero attached hydrogens (tertiary/aromatic N) is 1. The van der Waals surface area contributed by atoms with Gasteiger partial charge in [-0.05, 0) is 45.1 Å². The highest BCUT2D eigenvalue weighted by molar-refractivity contribution is 5.39. The van der Waals surface area contributed by atoms with Gasteiger partial charge in [0.1, 0.15) is 0 Å². The Morgan fingerprint density at radius 2 is 1.00 bits per heavy atom. The van der Waals surface area contributed by atoms with E-state index in [-0.39, 0.29) is 5.41 Å². The van der Waals surface area contributed by atoms with Gasteiger partial charge in [0.05, 0.1) is 0 Å². The molecule has 2 aromatic carbocycles. The van der Waals surface area contributed by atoms with Crippen LogP contribution in [-0.4, -0.2) is 26.0 Å². The normalized spacial score (nSPS) is 16.7. The van der Waals surface area contributed by atoms with Gasteiger partial charge in [-0.2, -0.15) is 0 Å². The second kappa shape index (κ2) is 8.14. The van der Waals surface area contributed by atoms with E-state index >= 15 is 0 Å². The topological polar surface area (TPSA) is 3.24 Å². The fraction of sp³-hybridized carbons (Fsp3) is 0.429. The number of hydrogen-bond donors (Lipinski definition) is 0. The molecule has 0 spiro atoms. The van der Waals surface area contributed by atoms with Gasteiger partial charge in [0.15, 0.2) is 0 Å². The Morgan fingerprint density at radius 3 is 1.36 bits per heavy atom. The largest absolute Gasteiger partial charge is 0.312 e. The first-order valence-corrected chi connectivity index (χ1v) is 8.37. The molecule has 0 heterocycles. The molecule has 0 radical (unpaired) electrons. The molecule has 0 amide bonds. The van der Waals surface area contributed by atoms with Crippen molar-refractivity contribution in [2.24, 2.45) is 0 Å². The molecule has 0 unspecified atom stereocenters. The van der Waals surface area contributed by atoms with Gasteiger partial charge in [-0.25, -0.2) is 0 Å². The van der Waals surface area contributed by atoms with Crippen LogP contribution >= 0.6 is 0 Å². The van der Waals surface area contributed by atoms with Gasteiger partial charge in [-0.3, -0.25) is 0 Å². The average Bonchev–Trinajstić information content (AvgIpc) is 2.57. The Labute approximate surface area is 136 Å². The summed E-state index contributed by atoms with van der Waals surface area (Å²) in [6.45, 7) is 0. The summed E-state index contributed by atoms with van der Waals surface area (Å²) in [4.78, 5) is 2.00. The fourth-order valence-corrected chi connectivity index (χ4v) is 3.41. The maximum atomic E-state index is 2.30. The van der Waals surface area contributed by atoms with Crippen LogP contribution in [0.3, 0.4) is 0 Å². The highest BCUT2D eigenvalue weighted by Crippen LogP contribution is 2.44. The smallest absolute Gasteiger partial charge is 0.0202 e. The van der Waals surface area contributed by atoms with Crippen molar-refractivity contribution < 1.29 is 0 Å². The van der Waals surface area contributed by atoms with Crippen LogP contribution in [0.15, 0.2) is 60.7 Å². The molecular weight excluding hydrogens is 266 g/mol. The molecule has 3 rings (SSSR count). The molecule has 0 aliphatic heterocycles. The zero-order valence-corrected chi connectivity index (χ0v) is 14.3. The van der Waals surface area contributed by atoms with Gasteiger partial charge < -0.3 is 4.90 Å². The zero-order chi connectivity index (χ0) is 15.8. The van der Waals surface area contributed by atoms with Gasteiger partial charge in [0.25, 0.3) is 0 Å². The van der Waals surface area contributed by atoms with Crippen molar-refractivity contribution in [3.05, 3.63) is 71.8 Å². The average molecular weight is 295 g/mol. The van der Waals surface area contributed by atoms with E-state index in [0.717, 1.165) is 0 Å². The van der Waals surface area contributed by atoms with E-state index in [1.54, 1.807) is 0 Å². The van der Waals surface area contributed by atoms with Crippen LogP contribution in [0, 0.1) is 0 Å². The van der Waals surface area contributed by atoms with Gasteiger partial charge >= 0.3 is 0 Å². The summed E-state index contributed by atoms with van der Waals surface area (Å²) in [6.07, 6.45) is 6.68. The fourth-order valence-electron chi connectivity index (χ4n) is 3.41. The van der Waals surface area contributed by atoms with E-state index in [4.69, 9.17) is 0 Å². The van der Waals surface area contributed by atoms with Crippen molar-refractivity contribution in [1.29, 1.82) is 0 Å². The second-order valence-electron chi connectivity index (χ2n) is 6.72. The van der Waals surface area contributed by atoms with Crippen molar-refractivity contribution in [3.8, 4) is 0 Å². The van der Waals surface area contributed by atoms with Crippen LogP contribution in [0.4, 0.5) is 0 Å². The maximum Gasteiger partial charge on any atom is 0.0202 e. The molecule has 1 aliphatic rings. The first-order chi connectivity index (χ1) is 10.6. The Kier molecular flexibility index (Phi) is 6.21. The minimum absolute atomic E-state index is 0.265. The van der Waals surface area contributed by atoms with E-state index in [9.17, 15) is 0 Å². The van der Waals surface area contributed by atoms with Gasteiger partial charge in [-0.1, -0.05) is 79.9 Å². The SMILES string of the molecule is CN(C)C.c1ccc(C2(c3ccccc3)CCCCC2)cc1. The molecule has 0 saturated heterocycles. The Balaban J connectivity index is 0.000000396. The molecule has 0 atom stereocenters. The van der Waals surface area contributed by atoms with E-state index in [1.807, 2.05) is 26.0 Å². The highest BCUT2D eigenvalue weighted by Gasteiger charge is 2.35. The highest BCUT2D eigenvalue weighted by atomic mass is 15.0. The molecule has 22 heavy (non-hydrogen) atoms. The summed E-state index contributed by atoms with van der Waals surface area (Å²) >= 11 is 0. The molecule has 1 nitrogen and oxygen atoms in total. The first-order valence-electron chi connectivity index (χ1n) is 8.37. The lowest BCUT2D eigenvalue weighted by Crippen LogP contribution is -2.30. The lowest BCUT2D eigenvalue weighted by molar-refractivity contribution is 0.346. The van der Waals surface area contributed by atoms with E-state index in [0.29, 0.717) is 0 Å². The van der Waals surface area contributed by atoms with Crippen molar-refractivity contribution >= 4 is 0 Å². The Hall–Kier alpha value is -1.60. The molecule has 1 aliphatic carbocycles. The number of rotatable bonds is 2. The van der Waals surface area contributed by atoms with E-state index in [1.165, 1.54) is 43.2 Å². The van der Waals surface area contributed by atoms with Crippen molar-refractivity contribution in [3.63, 3.8) is 0 Å². The molecule has 1 heteroatoms. The second-order valence-corrected chi connectivity index (χ2v) is 6.72. The van der Waals surface area contributed by atoms with E-state index < -0.39 is 0 Å². The molecule has 0 bridgehead atoms. The molecule has 0 aromatic heterocycles. The molecule has 0 N–H and O–H groups in total. The molecule has 2 aromatic rings. The minimum Gasteiger partial charge on any atom is -0.312 e. The van der Waals surface area contributed by atoms with Gasteiger partial charge in [0.2, 0.25) is 0 Å². The summed E-state index contributed by atoms with van der Waals surface area (Å²) < 4.78 is 0. The van der Waals surface area contributed by atoms with Crippen LogP contribution in [-0.2, 0) is 5.41 Å². The van der Waals surface area contributed by atoms with E-state index in [2.05, 4.69) is 60.7 Å². The van der Waals surface area contributed by atoms with Gasteiger partial charge in [0, 0.05) is 5.41 Å². The van der Waals surface area contributed by atoms with Crippen LogP contribution < -0.4 is 0 Å².